The number of anilines is 1. The van der Waals surface area contributed by atoms with Crippen LogP contribution in [-0.2, 0) is 4.79 Å². The number of aryl methyl sites for hydroxylation is 1. The van der Waals surface area contributed by atoms with Gasteiger partial charge in [-0.05, 0) is 25.3 Å². The number of carbonyl (C=O) groups is 1. The van der Waals surface area contributed by atoms with Gasteiger partial charge in [0.05, 0.1) is 5.25 Å². The van der Waals surface area contributed by atoms with Crippen molar-refractivity contribution in [3.05, 3.63) is 29.6 Å². The van der Waals surface area contributed by atoms with E-state index < -0.39 is 0 Å². The molecule has 0 saturated carbocycles. The third-order valence-electron chi connectivity index (χ3n) is 2.76. The summed E-state index contributed by atoms with van der Waals surface area (Å²) in [5.74, 6) is 0.935. The van der Waals surface area contributed by atoms with Gasteiger partial charge in [0.25, 0.3) is 0 Å². The van der Waals surface area contributed by atoms with E-state index in [1.165, 1.54) is 18.1 Å². The molecule has 108 valence electrons. The summed E-state index contributed by atoms with van der Waals surface area (Å²) in [5.41, 5.74) is 0. The van der Waals surface area contributed by atoms with Crippen LogP contribution in [0.15, 0.2) is 33.4 Å². The second-order valence-corrected chi connectivity index (χ2v) is 6.61. The molecule has 1 amide bonds. The van der Waals surface area contributed by atoms with Gasteiger partial charge in [0.15, 0.2) is 5.82 Å². The number of fused-ring (bicyclic) bond motifs is 1. The van der Waals surface area contributed by atoms with Gasteiger partial charge in [-0.2, -0.15) is 0 Å². The van der Waals surface area contributed by atoms with Gasteiger partial charge in [-0.25, -0.2) is 9.97 Å². The van der Waals surface area contributed by atoms with Crippen molar-refractivity contribution in [2.45, 2.75) is 24.1 Å². The fraction of sp³-hybridized carbons (Fsp3) is 0.231. The molecule has 3 aromatic heterocycles. The van der Waals surface area contributed by atoms with Gasteiger partial charge in [0.1, 0.15) is 21.9 Å². The summed E-state index contributed by atoms with van der Waals surface area (Å²) in [4.78, 5) is 21.5. The quantitative estimate of drug-likeness (QED) is 0.587. The molecule has 8 heteroatoms. The fourth-order valence-corrected chi connectivity index (χ4v) is 3.43. The molecule has 0 saturated heterocycles. The molecule has 0 radical (unpaired) electrons. The largest absolute Gasteiger partial charge is 0.360 e. The molecular weight excluding hydrogens is 308 g/mol. The number of thiophene rings is 1. The minimum Gasteiger partial charge on any atom is -0.360 e. The number of nitrogens with one attached hydrogen (secondary N) is 1. The van der Waals surface area contributed by atoms with Gasteiger partial charge in [-0.1, -0.05) is 16.9 Å². The number of thioether (sulfide) groups is 1. The van der Waals surface area contributed by atoms with Crippen LogP contribution in [0.2, 0.25) is 0 Å². The summed E-state index contributed by atoms with van der Waals surface area (Å²) < 4.78 is 4.92. The molecule has 3 aromatic rings. The van der Waals surface area contributed by atoms with Crippen LogP contribution in [0.3, 0.4) is 0 Å². The van der Waals surface area contributed by atoms with Crippen LogP contribution in [0.5, 0.6) is 0 Å². The van der Waals surface area contributed by atoms with Crippen molar-refractivity contribution in [3.63, 3.8) is 0 Å². The maximum Gasteiger partial charge on any atom is 0.238 e. The monoisotopic (exact) mass is 320 g/mol. The van der Waals surface area contributed by atoms with E-state index in [9.17, 15) is 4.79 Å². The first-order valence-electron chi connectivity index (χ1n) is 6.22. The Morgan fingerprint density at radius 1 is 1.48 bits per heavy atom. The minimum absolute atomic E-state index is 0.143. The predicted octanol–water partition coefficient (Wildman–Crippen LogP) is 3.11. The summed E-state index contributed by atoms with van der Waals surface area (Å²) in [6.07, 6.45) is 1.52. The number of hydrogen-bond donors (Lipinski definition) is 1. The molecule has 0 aliphatic rings. The summed E-state index contributed by atoms with van der Waals surface area (Å²) in [5, 5.41) is 9.91. The van der Waals surface area contributed by atoms with E-state index in [2.05, 4.69) is 20.4 Å². The molecular formula is C13H12N4O2S2. The highest BCUT2D eigenvalue weighted by Crippen LogP contribution is 2.30. The van der Waals surface area contributed by atoms with Crippen LogP contribution in [0.4, 0.5) is 5.82 Å². The summed E-state index contributed by atoms with van der Waals surface area (Å²) >= 11 is 2.95. The molecule has 0 unspecified atom stereocenters. The second-order valence-electron chi connectivity index (χ2n) is 4.39. The number of nitrogens with zero attached hydrogens (tertiary/aromatic N) is 3. The topological polar surface area (TPSA) is 80.9 Å². The highest BCUT2D eigenvalue weighted by Gasteiger charge is 2.18. The maximum atomic E-state index is 12.1. The number of hydrogen-bond acceptors (Lipinski definition) is 7. The number of aromatic nitrogens is 3. The molecule has 0 fully saturated rings. The lowest BCUT2D eigenvalue weighted by Gasteiger charge is -2.10. The molecule has 3 heterocycles. The second kappa shape index (κ2) is 5.82. The zero-order valence-corrected chi connectivity index (χ0v) is 13.0. The number of carbonyl (C=O) groups excluding carboxylic acids is 1. The molecule has 0 aliphatic heterocycles. The Hall–Kier alpha value is -1.93. The van der Waals surface area contributed by atoms with Gasteiger partial charge in [0, 0.05) is 11.5 Å². The van der Waals surface area contributed by atoms with E-state index in [0.717, 1.165) is 15.2 Å². The van der Waals surface area contributed by atoms with Crippen molar-refractivity contribution in [2.75, 3.05) is 5.32 Å². The summed E-state index contributed by atoms with van der Waals surface area (Å²) in [6, 6.07) is 3.64. The predicted molar refractivity (Wildman–Crippen MR) is 82.6 cm³/mol. The van der Waals surface area contributed by atoms with E-state index in [4.69, 9.17) is 4.52 Å². The number of amides is 1. The highest BCUT2D eigenvalue weighted by atomic mass is 32.2. The van der Waals surface area contributed by atoms with Gasteiger partial charge < -0.3 is 9.84 Å². The Balaban J connectivity index is 1.72. The van der Waals surface area contributed by atoms with E-state index in [1.54, 1.807) is 24.3 Å². The Morgan fingerprint density at radius 3 is 3.10 bits per heavy atom. The normalized spacial score (nSPS) is 12.5. The van der Waals surface area contributed by atoms with Crippen LogP contribution < -0.4 is 5.32 Å². The zero-order valence-electron chi connectivity index (χ0n) is 11.4. The average Bonchev–Trinajstić information content (AvgIpc) is 3.08. The first-order chi connectivity index (χ1) is 10.1. The van der Waals surface area contributed by atoms with Crippen molar-refractivity contribution in [1.82, 2.24) is 15.1 Å². The summed E-state index contributed by atoms with van der Waals surface area (Å²) in [6.45, 7) is 3.60. The molecule has 0 aliphatic carbocycles. The van der Waals surface area contributed by atoms with Crippen LogP contribution in [0.1, 0.15) is 12.7 Å². The van der Waals surface area contributed by atoms with E-state index >= 15 is 0 Å². The lowest BCUT2D eigenvalue weighted by molar-refractivity contribution is -0.115. The SMILES string of the molecule is Cc1cc(NC(=O)[C@H](C)Sc2ncnc3sccc23)no1. The Labute approximate surface area is 129 Å². The minimum atomic E-state index is -0.306. The fourth-order valence-electron chi connectivity index (χ4n) is 1.74. The van der Waals surface area contributed by atoms with E-state index in [-0.39, 0.29) is 11.2 Å². The molecule has 1 atom stereocenters. The smallest absolute Gasteiger partial charge is 0.238 e. The first-order valence-corrected chi connectivity index (χ1v) is 7.98. The van der Waals surface area contributed by atoms with Crippen molar-refractivity contribution < 1.29 is 9.32 Å². The standard InChI is InChI=1S/C13H12N4O2S2/c1-7-5-10(17-19-7)16-11(18)8(2)21-13-9-3-4-20-12(9)14-6-15-13/h3-6,8H,1-2H3,(H,16,17,18)/t8-/m0/s1. The lowest BCUT2D eigenvalue weighted by Crippen LogP contribution is -2.22. The van der Waals surface area contributed by atoms with Crippen molar-refractivity contribution in [1.29, 1.82) is 0 Å². The molecule has 21 heavy (non-hydrogen) atoms. The molecule has 0 spiro atoms. The van der Waals surface area contributed by atoms with Crippen molar-refractivity contribution in [2.24, 2.45) is 0 Å². The molecule has 0 bridgehead atoms. The van der Waals surface area contributed by atoms with Crippen molar-refractivity contribution >= 4 is 45.0 Å². The first kappa shape index (κ1) is 14.0. The van der Waals surface area contributed by atoms with E-state index in [0.29, 0.717) is 11.6 Å². The van der Waals surface area contributed by atoms with Crippen LogP contribution in [0, 0.1) is 6.92 Å². The zero-order chi connectivity index (χ0) is 14.8. The van der Waals surface area contributed by atoms with Crippen molar-refractivity contribution in [3.8, 4) is 0 Å². The van der Waals surface area contributed by atoms with Gasteiger partial charge >= 0.3 is 0 Å². The van der Waals surface area contributed by atoms with Gasteiger partial charge in [-0.15, -0.1) is 11.3 Å². The Morgan fingerprint density at radius 2 is 2.33 bits per heavy atom. The molecule has 1 N–H and O–H groups in total. The maximum absolute atomic E-state index is 12.1. The van der Waals surface area contributed by atoms with Gasteiger partial charge in [-0.3, -0.25) is 4.79 Å². The summed E-state index contributed by atoms with van der Waals surface area (Å²) in [7, 11) is 0. The average molecular weight is 320 g/mol. The van der Waals surface area contributed by atoms with E-state index in [1.807, 2.05) is 18.4 Å². The highest BCUT2D eigenvalue weighted by molar-refractivity contribution is 8.00. The van der Waals surface area contributed by atoms with Crippen LogP contribution >= 0.6 is 23.1 Å². The van der Waals surface area contributed by atoms with Crippen LogP contribution in [0.25, 0.3) is 10.2 Å². The molecule has 3 rings (SSSR count). The Bertz CT molecular complexity index is 783. The molecule has 6 nitrogen and oxygen atoms in total. The lowest BCUT2D eigenvalue weighted by atomic mass is 10.4. The Kier molecular flexibility index (Phi) is 3.89. The van der Waals surface area contributed by atoms with Gasteiger partial charge in [0.2, 0.25) is 5.91 Å². The third-order valence-corrected chi connectivity index (χ3v) is 4.70. The van der Waals surface area contributed by atoms with Crippen LogP contribution in [-0.4, -0.2) is 26.3 Å². The number of rotatable bonds is 4. The third kappa shape index (κ3) is 3.06. The molecule has 0 aromatic carbocycles.